The Labute approximate surface area is 143 Å². The van der Waals surface area contributed by atoms with E-state index >= 15 is 0 Å². The van der Waals surface area contributed by atoms with E-state index in [1.807, 2.05) is 0 Å². The lowest BCUT2D eigenvalue weighted by Crippen LogP contribution is -3.11. The highest BCUT2D eigenvalue weighted by atomic mass is 32.2. The molecule has 0 aromatic carbocycles. The molecule has 0 radical (unpaired) electrons. The van der Waals surface area contributed by atoms with Crippen molar-refractivity contribution in [2.45, 2.75) is 19.0 Å². The Hall–Kier alpha value is -2.26. The number of rotatable bonds is 8. The minimum atomic E-state index is -0.551. The molecule has 0 bridgehead atoms. The lowest BCUT2D eigenvalue weighted by molar-refractivity contribution is -0.893. The monoisotopic (exact) mass is 352 g/mol. The first-order valence-corrected chi connectivity index (χ1v) is 8.74. The lowest BCUT2D eigenvalue weighted by Gasteiger charge is -2.14. The van der Waals surface area contributed by atoms with Gasteiger partial charge in [-0.1, -0.05) is 11.8 Å². The number of furan rings is 1. The van der Waals surface area contributed by atoms with Gasteiger partial charge in [-0.3, -0.25) is 14.6 Å². The van der Waals surface area contributed by atoms with Gasteiger partial charge < -0.3 is 20.4 Å². The van der Waals surface area contributed by atoms with E-state index in [9.17, 15) is 9.59 Å². The molecule has 0 atom stereocenters. The standard InChI is InChI=1S/C15H21N5O3S/c1-3-20(4-2)7-9-24-15-18-12(16)11(14(22)19-15)17-13(21)10-6-5-8-23-10/h5-6,8H,3-4,7,9H2,1-2H3,(H,17,21)(H3,16,18,19,22)/p+1. The number of hydrogen-bond acceptors (Lipinski definition) is 6. The molecule has 0 fully saturated rings. The fourth-order valence-electron chi connectivity index (χ4n) is 2.14. The number of thioether (sulfide) groups is 1. The van der Waals surface area contributed by atoms with Crippen LogP contribution in [0.15, 0.2) is 32.8 Å². The molecule has 0 saturated heterocycles. The number of aromatic nitrogens is 2. The Morgan fingerprint density at radius 3 is 2.79 bits per heavy atom. The molecule has 0 unspecified atom stereocenters. The van der Waals surface area contributed by atoms with Gasteiger partial charge in [0.25, 0.3) is 11.5 Å². The van der Waals surface area contributed by atoms with E-state index in [1.54, 1.807) is 6.07 Å². The van der Waals surface area contributed by atoms with E-state index in [-0.39, 0.29) is 17.3 Å². The van der Waals surface area contributed by atoms with Crippen molar-refractivity contribution in [3.05, 3.63) is 34.5 Å². The molecule has 2 rings (SSSR count). The van der Waals surface area contributed by atoms with Crippen LogP contribution in [0.1, 0.15) is 24.4 Å². The van der Waals surface area contributed by atoms with Gasteiger partial charge in [-0.15, -0.1) is 0 Å². The second kappa shape index (κ2) is 8.55. The van der Waals surface area contributed by atoms with Gasteiger partial charge in [0.15, 0.2) is 22.4 Å². The summed E-state index contributed by atoms with van der Waals surface area (Å²) in [6.07, 6.45) is 1.37. The van der Waals surface area contributed by atoms with Crippen LogP contribution >= 0.6 is 11.8 Å². The van der Waals surface area contributed by atoms with Gasteiger partial charge in [-0.05, 0) is 26.0 Å². The predicted molar refractivity (Wildman–Crippen MR) is 93.6 cm³/mol. The number of nitrogen functional groups attached to an aromatic ring is 1. The molecule has 0 aliphatic carbocycles. The fraction of sp³-hybridized carbons (Fsp3) is 0.400. The highest BCUT2D eigenvalue weighted by molar-refractivity contribution is 7.99. The molecule has 2 heterocycles. The summed E-state index contributed by atoms with van der Waals surface area (Å²) < 4.78 is 4.98. The Kier molecular flexibility index (Phi) is 6.44. The molecule has 9 heteroatoms. The molecule has 1 amide bonds. The molecule has 24 heavy (non-hydrogen) atoms. The van der Waals surface area contributed by atoms with Gasteiger partial charge in [-0.25, -0.2) is 4.98 Å². The van der Waals surface area contributed by atoms with Crippen molar-refractivity contribution in [3.63, 3.8) is 0 Å². The summed E-state index contributed by atoms with van der Waals surface area (Å²) in [6.45, 7) is 7.36. The molecule has 2 aromatic rings. The summed E-state index contributed by atoms with van der Waals surface area (Å²) in [5.74, 6) is 0.340. The second-order valence-corrected chi connectivity index (χ2v) is 6.20. The van der Waals surface area contributed by atoms with Crippen molar-refractivity contribution in [1.29, 1.82) is 0 Å². The van der Waals surface area contributed by atoms with Gasteiger partial charge in [-0.2, -0.15) is 0 Å². The Morgan fingerprint density at radius 2 is 2.21 bits per heavy atom. The number of nitrogens with zero attached hydrogens (tertiary/aromatic N) is 1. The van der Waals surface area contributed by atoms with Crippen LogP contribution in [-0.2, 0) is 0 Å². The van der Waals surface area contributed by atoms with E-state index in [4.69, 9.17) is 10.2 Å². The zero-order chi connectivity index (χ0) is 17.5. The molecule has 8 nitrogen and oxygen atoms in total. The zero-order valence-corrected chi connectivity index (χ0v) is 14.5. The van der Waals surface area contributed by atoms with Crippen molar-refractivity contribution in [1.82, 2.24) is 9.97 Å². The highest BCUT2D eigenvalue weighted by Gasteiger charge is 2.15. The van der Waals surface area contributed by atoms with Gasteiger partial charge in [0.05, 0.1) is 31.7 Å². The second-order valence-electron chi connectivity index (χ2n) is 5.12. The zero-order valence-electron chi connectivity index (χ0n) is 13.7. The van der Waals surface area contributed by atoms with Crippen LogP contribution in [0.5, 0.6) is 0 Å². The molecule has 0 aliphatic heterocycles. The third kappa shape index (κ3) is 4.62. The van der Waals surface area contributed by atoms with Crippen LogP contribution in [0.25, 0.3) is 0 Å². The third-order valence-electron chi connectivity index (χ3n) is 3.60. The van der Waals surface area contributed by atoms with E-state index < -0.39 is 11.5 Å². The number of nitrogens with two attached hydrogens (primary N) is 1. The number of anilines is 2. The summed E-state index contributed by atoms with van der Waals surface area (Å²) in [5.41, 5.74) is 5.25. The lowest BCUT2D eigenvalue weighted by atomic mass is 10.4. The quantitative estimate of drug-likeness (QED) is 0.398. The first kappa shape index (κ1) is 18.1. The molecule has 5 N–H and O–H groups in total. The topological polar surface area (TPSA) is 118 Å². The van der Waals surface area contributed by atoms with Crippen LogP contribution in [0, 0.1) is 0 Å². The largest absolute Gasteiger partial charge is 0.459 e. The maximum absolute atomic E-state index is 12.1. The first-order valence-electron chi connectivity index (χ1n) is 7.76. The number of hydrogen-bond donors (Lipinski definition) is 4. The first-order chi connectivity index (χ1) is 11.5. The molecule has 130 valence electrons. The molecule has 0 spiro atoms. The molecular formula is C15H22N5O3S+. The number of nitrogens with one attached hydrogen (secondary N) is 3. The Bertz CT molecular complexity index is 725. The molecule has 2 aromatic heterocycles. The number of aromatic amines is 1. The van der Waals surface area contributed by atoms with Crippen LogP contribution in [0.4, 0.5) is 11.5 Å². The average molecular weight is 352 g/mol. The van der Waals surface area contributed by atoms with Gasteiger partial charge in [0.1, 0.15) is 0 Å². The summed E-state index contributed by atoms with van der Waals surface area (Å²) >= 11 is 1.43. The summed E-state index contributed by atoms with van der Waals surface area (Å²) in [6, 6.07) is 3.07. The SMILES string of the molecule is CC[NH+](CC)CCSc1nc(N)c(NC(=O)c2ccco2)c(=O)[nH]1. The predicted octanol–water partition coefficient (Wildman–Crippen LogP) is 0.214. The maximum Gasteiger partial charge on any atom is 0.291 e. The highest BCUT2D eigenvalue weighted by Crippen LogP contribution is 2.16. The number of amides is 1. The van der Waals surface area contributed by atoms with E-state index in [0.717, 1.165) is 25.4 Å². The number of carbonyl (C=O) groups excluding carboxylic acids is 1. The van der Waals surface area contributed by atoms with Crippen molar-refractivity contribution in [2.75, 3.05) is 36.4 Å². The summed E-state index contributed by atoms with van der Waals surface area (Å²) in [5, 5.41) is 2.87. The van der Waals surface area contributed by atoms with Gasteiger partial charge in [0.2, 0.25) is 0 Å². The van der Waals surface area contributed by atoms with Crippen LogP contribution in [-0.4, -0.2) is 41.3 Å². The number of H-pyrrole nitrogens is 1. The summed E-state index contributed by atoms with van der Waals surface area (Å²) in [4.78, 5) is 32.3. The van der Waals surface area contributed by atoms with Crippen molar-refractivity contribution >= 4 is 29.2 Å². The van der Waals surface area contributed by atoms with Crippen molar-refractivity contribution in [3.8, 4) is 0 Å². The molecular weight excluding hydrogens is 330 g/mol. The Balaban J connectivity index is 2.03. The van der Waals surface area contributed by atoms with E-state index in [0.29, 0.717) is 5.16 Å². The fourth-order valence-corrected chi connectivity index (χ4v) is 3.05. The van der Waals surface area contributed by atoms with Crippen LogP contribution < -0.4 is 21.5 Å². The third-order valence-corrected chi connectivity index (χ3v) is 4.48. The van der Waals surface area contributed by atoms with Crippen LogP contribution in [0.3, 0.4) is 0 Å². The summed E-state index contributed by atoms with van der Waals surface area (Å²) in [7, 11) is 0. The minimum absolute atomic E-state index is 0.0173. The number of carbonyl (C=O) groups is 1. The van der Waals surface area contributed by atoms with Crippen LogP contribution in [0.2, 0.25) is 0 Å². The minimum Gasteiger partial charge on any atom is -0.459 e. The van der Waals surface area contributed by atoms with E-state index in [1.165, 1.54) is 29.0 Å². The Morgan fingerprint density at radius 1 is 1.46 bits per heavy atom. The molecule has 0 saturated carbocycles. The number of quaternary nitrogens is 1. The maximum atomic E-state index is 12.1. The van der Waals surface area contributed by atoms with Crippen molar-refractivity contribution in [2.24, 2.45) is 0 Å². The smallest absolute Gasteiger partial charge is 0.291 e. The average Bonchev–Trinajstić information content (AvgIpc) is 3.09. The van der Waals surface area contributed by atoms with Gasteiger partial charge in [0, 0.05) is 0 Å². The molecule has 0 aliphatic rings. The van der Waals surface area contributed by atoms with Gasteiger partial charge >= 0.3 is 0 Å². The van der Waals surface area contributed by atoms with Crippen molar-refractivity contribution < 1.29 is 14.1 Å². The van der Waals surface area contributed by atoms with E-state index in [2.05, 4.69) is 29.1 Å². The normalized spacial score (nSPS) is 11.0.